The van der Waals surface area contributed by atoms with Gasteiger partial charge in [0.2, 0.25) is 0 Å². The van der Waals surface area contributed by atoms with Gasteiger partial charge < -0.3 is 4.98 Å². The van der Waals surface area contributed by atoms with Crippen molar-refractivity contribution in [3.63, 3.8) is 0 Å². The minimum absolute atomic E-state index is 0.0816. The van der Waals surface area contributed by atoms with E-state index in [2.05, 4.69) is 25.0 Å². The number of aromatic nitrogens is 5. The van der Waals surface area contributed by atoms with Crippen LogP contribution in [0.2, 0.25) is 0 Å². The van der Waals surface area contributed by atoms with Crippen molar-refractivity contribution in [1.82, 2.24) is 29.5 Å². The molecule has 1 N–H and O–H groups in total. The molecule has 26 heavy (non-hydrogen) atoms. The third kappa shape index (κ3) is 3.14. The summed E-state index contributed by atoms with van der Waals surface area (Å²) in [5.41, 5.74) is 4.78. The fourth-order valence-electron chi connectivity index (χ4n) is 3.90. The first-order valence-corrected chi connectivity index (χ1v) is 9.14. The first-order valence-electron chi connectivity index (χ1n) is 9.14. The number of aryl methyl sites for hydroxylation is 3. The molecule has 1 aliphatic rings. The van der Waals surface area contributed by atoms with Crippen molar-refractivity contribution in [3.05, 3.63) is 57.2 Å². The molecule has 4 heterocycles. The number of rotatable bonds is 3. The lowest BCUT2D eigenvalue weighted by molar-refractivity contribution is 0.134. The molecule has 4 rings (SSSR count). The van der Waals surface area contributed by atoms with Crippen molar-refractivity contribution in [2.75, 3.05) is 6.54 Å². The highest BCUT2D eigenvalue weighted by Crippen LogP contribution is 2.30. The Labute approximate surface area is 152 Å². The zero-order valence-electron chi connectivity index (χ0n) is 15.5. The second kappa shape index (κ2) is 6.64. The second-order valence-corrected chi connectivity index (χ2v) is 7.20. The number of hydrogen-bond donors (Lipinski definition) is 1. The standard InChI is InChI=1S/C19H24N6O/c1-12-8-14(3)25-19(22-12)15(10-20-25)11-24-7-5-4-6-16(24)18-21-13(2)9-17(26)23-18/h8-10,16H,4-7,11H2,1-3H3,(H,21,23,26). The molecule has 0 aliphatic carbocycles. The third-order valence-corrected chi connectivity index (χ3v) is 5.04. The summed E-state index contributed by atoms with van der Waals surface area (Å²) in [7, 11) is 0. The lowest BCUT2D eigenvalue weighted by Crippen LogP contribution is -2.35. The molecule has 7 nitrogen and oxygen atoms in total. The minimum Gasteiger partial charge on any atom is -0.309 e. The normalized spacial score (nSPS) is 18.5. The van der Waals surface area contributed by atoms with Crippen molar-refractivity contribution in [2.24, 2.45) is 0 Å². The SMILES string of the molecule is Cc1cc(=O)[nH]c(C2CCCCN2Cc2cnn3c(C)cc(C)nc23)n1. The molecule has 1 saturated heterocycles. The van der Waals surface area contributed by atoms with E-state index < -0.39 is 0 Å². The average molecular weight is 352 g/mol. The van der Waals surface area contributed by atoms with Gasteiger partial charge in [-0.05, 0) is 46.2 Å². The van der Waals surface area contributed by atoms with Crippen LogP contribution in [0.5, 0.6) is 0 Å². The highest BCUT2D eigenvalue weighted by atomic mass is 16.1. The second-order valence-electron chi connectivity index (χ2n) is 7.20. The fourth-order valence-corrected chi connectivity index (χ4v) is 3.90. The molecule has 7 heteroatoms. The Morgan fingerprint density at radius 1 is 1.15 bits per heavy atom. The molecule has 3 aromatic rings. The van der Waals surface area contributed by atoms with Crippen molar-refractivity contribution < 1.29 is 0 Å². The molecular weight excluding hydrogens is 328 g/mol. The lowest BCUT2D eigenvalue weighted by Gasteiger charge is -2.34. The molecule has 0 aromatic carbocycles. The quantitative estimate of drug-likeness (QED) is 0.783. The Hall–Kier alpha value is -2.54. The first kappa shape index (κ1) is 16.9. The van der Waals surface area contributed by atoms with Gasteiger partial charge in [-0.3, -0.25) is 9.69 Å². The van der Waals surface area contributed by atoms with Gasteiger partial charge in [-0.1, -0.05) is 6.42 Å². The van der Waals surface area contributed by atoms with E-state index in [0.717, 1.165) is 66.5 Å². The van der Waals surface area contributed by atoms with Gasteiger partial charge in [0, 0.05) is 35.3 Å². The molecule has 1 fully saturated rings. The fraction of sp³-hybridized carbons (Fsp3) is 0.474. The van der Waals surface area contributed by atoms with E-state index in [1.807, 2.05) is 37.5 Å². The predicted molar refractivity (Wildman–Crippen MR) is 99.1 cm³/mol. The van der Waals surface area contributed by atoms with Gasteiger partial charge in [-0.25, -0.2) is 14.5 Å². The Morgan fingerprint density at radius 2 is 1.96 bits per heavy atom. The van der Waals surface area contributed by atoms with Gasteiger partial charge in [0.05, 0.1) is 12.2 Å². The number of likely N-dealkylation sites (tertiary alicyclic amines) is 1. The Morgan fingerprint density at radius 3 is 2.77 bits per heavy atom. The summed E-state index contributed by atoms with van der Waals surface area (Å²) in [6.07, 6.45) is 5.20. The van der Waals surface area contributed by atoms with Crippen LogP contribution in [0.1, 0.15) is 53.8 Å². The van der Waals surface area contributed by atoms with Crippen LogP contribution in [0, 0.1) is 20.8 Å². The zero-order chi connectivity index (χ0) is 18.3. The molecule has 0 bridgehead atoms. The monoisotopic (exact) mass is 352 g/mol. The molecule has 0 saturated carbocycles. The van der Waals surface area contributed by atoms with Crippen LogP contribution in [0.3, 0.4) is 0 Å². The van der Waals surface area contributed by atoms with Crippen molar-refractivity contribution in [1.29, 1.82) is 0 Å². The summed E-state index contributed by atoms with van der Waals surface area (Å²) in [4.78, 5) is 26.5. The number of nitrogens with one attached hydrogen (secondary N) is 1. The Kier molecular flexibility index (Phi) is 4.32. The number of aromatic amines is 1. The van der Waals surface area contributed by atoms with Crippen LogP contribution < -0.4 is 5.56 Å². The van der Waals surface area contributed by atoms with E-state index in [9.17, 15) is 4.79 Å². The molecule has 3 aromatic heterocycles. The van der Waals surface area contributed by atoms with E-state index in [1.54, 1.807) is 0 Å². The summed E-state index contributed by atoms with van der Waals surface area (Å²) in [5.74, 6) is 0.770. The van der Waals surface area contributed by atoms with E-state index in [-0.39, 0.29) is 11.6 Å². The molecule has 0 amide bonds. The van der Waals surface area contributed by atoms with Gasteiger partial charge in [0.1, 0.15) is 5.82 Å². The topological polar surface area (TPSA) is 79.2 Å². The molecular formula is C19H24N6O. The van der Waals surface area contributed by atoms with Gasteiger partial charge >= 0.3 is 0 Å². The molecule has 1 aliphatic heterocycles. The van der Waals surface area contributed by atoms with Gasteiger partial charge in [0.25, 0.3) is 5.56 Å². The molecule has 0 radical (unpaired) electrons. The van der Waals surface area contributed by atoms with E-state index in [4.69, 9.17) is 0 Å². The van der Waals surface area contributed by atoms with Crippen molar-refractivity contribution in [3.8, 4) is 0 Å². The van der Waals surface area contributed by atoms with E-state index >= 15 is 0 Å². The van der Waals surface area contributed by atoms with Crippen molar-refractivity contribution in [2.45, 2.75) is 52.6 Å². The maximum Gasteiger partial charge on any atom is 0.251 e. The predicted octanol–water partition coefficient (Wildman–Crippen LogP) is 2.47. The Bertz CT molecular complexity index is 1000. The average Bonchev–Trinajstić information content (AvgIpc) is 2.97. The molecule has 0 spiro atoms. The summed E-state index contributed by atoms with van der Waals surface area (Å²) in [5, 5.41) is 4.50. The Balaban J connectivity index is 1.68. The summed E-state index contributed by atoms with van der Waals surface area (Å²) >= 11 is 0. The van der Waals surface area contributed by atoms with E-state index in [0.29, 0.717) is 0 Å². The number of piperidine rings is 1. The molecule has 1 atom stereocenters. The van der Waals surface area contributed by atoms with Gasteiger partial charge in [-0.2, -0.15) is 5.10 Å². The van der Waals surface area contributed by atoms with Crippen LogP contribution >= 0.6 is 0 Å². The molecule has 1 unspecified atom stereocenters. The maximum atomic E-state index is 11.9. The summed E-state index contributed by atoms with van der Waals surface area (Å²) in [6, 6.07) is 3.70. The number of hydrogen-bond acceptors (Lipinski definition) is 5. The number of fused-ring (bicyclic) bond motifs is 1. The van der Waals surface area contributed by atoms with Crippen LogP contribution in [0.25, 0.3) is 5.65 Å². The third-order valence-electron chi connectivity index (χ3n) is 5.04. The number of H-pyrrole nitrogens is 1. The molecule has 136 valence electrons. The number of nitrogens with zero attached hydrogens (tertiary/aromatic N) is 5. The summed E-state index contributed by atoms with van der Waals surface area (Å²) < 4.78 is 1.90. The van der Waals surface area contributed by atoms with Gasteiger partial charge in [0.15, 0.2) is 5.65 Å². The van der Waals surface area contributed by atoms with Crippen LogP contribution in [0.15, 0.2) is 23.1 Å². The summed E-state index contributed by atoms with van der Waals surface area (Å²) in [6.45, 7) is 7.65. The maximum absolute atomic E-state index is 11.9. The lowest BCUT2D eigenvalue weighted by atomic mass is 10.0. The van der Waals surface area contributed by atoms with Crippen LogP contribution in [-0.2, 0) is 6.54 Å². The first-order chi connectivity index (χ1) is 12.5. The highest BCUT2D eigenvalue weighted by Gasteiger charge is 2.27. The van der Waals surface area contributed by atoms with Crippen molar-refractivity contribution >= 4 is 5.65 Å². The zero-order valence-corrected chi connectivity index (χ0v) is 15.5. The largest absolute Gasteiger partial charge is 0.309 e. The smallest absolute Gasteiger partial charge is 0.251 e. The van der Waals surface area contributed by atoms with Crippen LogP contribution in [-0.4, -0.2) is 36.0 Å². The van der Waals surface area contributed by atoms with Crippen LogP contribution in [0.4, 0.5) is 0 Å². The van der Waals surface area contributed by atoms with Gasteiger partial charge in [-0.15, -0.1) is 0 Å². The van der Waals surface area contributed by atoms with E-state index in [1.165, 1.54) is 6.07 Å². The minimum atomic E-state index is -0.0816. The highest BCUT2D eigenvalue weighted by molar-refractivity contribution is 5.48.